The van der Waals surface area contributed by atoms with Crippen LogP contribution in [0, 0.1) is 0 Å². The summed E-state index contributed by atoms with van der Waals surface area (Å²) in [6.45, 7) is 1.58. The van der Waals surface area contributed by atoms with Crippen molar-refractivity contribution in [2.24, 2.45) is 7.05 Å². The number of halogens is 3. The number of hydrogen-bond donors (Lipinski definition) is 1. The Kier molecular flexibility index (Phi) is 6.71. The Hall–Kier alpha value is -2.14. The van der Waals surface area contributed by atoms with Gasteiger partial charge in [0, 0.05) is 59.7 Å². The van der Waals surface area contributed by atoms with Crippen molar-refractivity contribution in [2.75, 3.05) is 46.8 Å². The van der Waals surface area contributed by atoms with Crippen molar-refractivity contribution in [3.8, 4) is 0 Å². The quantitative estimate of drug-likeness (QED) is 0.756. The lowest BCUT2D eigenvalue weighted by Crippen LogP contribution is -2.49. The number of imidazole rings is 1. The van der Waals surface area contributed by atoms with Gasteiger partial charge >= 0.3 is 6.18 Å². The molecule has 0 bridgehead atoms. The number of carbonyl (C=O) groups excluding carboxylic acids is 2. The van der Waals surface area contributed by atoms with Gasteiger partial charge in [-0.25, -0.2) is 4.98 Å². The van der Waals surface area contributed by atoms with Crippen molar-refractivity contribution < 1.29 is 27.9 Å². The van der Waals surface area contributed by atoms with E-state index in [1.165, 1.54) is 23.0 Å². The van der Waals surface area contributed by atoms with E-state index < -0.39 is 29.9 Å². The van der Waals surface area contributed by atoms with Crippen LogP contribution < -0.4 is 0 Å². The van der Waals surface area contributed by atoms with E-state index in [1.54, 1.807) is 14.1 Å². The zero-order chi connectivity index (χ0) is 21.1. The maximum Gasteiger partial charge on any atom is 0.425 e. The number of aromatic nitrogens is 2. The van der Waals surface area contributed by atoms with Gasteiger partial charge in [-0.2, -0.15) is 13.2 Å². The molecule has 1 aliphatic rings. The number of carbonyl (C=O) groups is 2. The van der Waals surface area contributed by atoms with E-state index in [1.807, 2.05) is 4.90 Å². The van der Waals surface area contributed by atoms with E-state index in [-0.39, 0.29) is 25.5 Å². The van der Waals surface area contributed by atoms with Gasteiger partial charge in [-0.1, -0.05) is 0 Å². The van der Waals surface area contributed by atoms with Crippen molar-refractivity contribution >= 4 is 11.8 Å². The predicted octanol–water partition coefficient (Wildman–Crippen LogP) is 0.183. The first kappa shape index (κ1) is 22.2. The molecule has 2 heterocycles. The summed E-state index contributed by atoms with van der Waals surface area (Å²) < 4.78 is 41.9. The zero-order valence-corrected chi connectivity index (χ0v) is 16.2. The molecule has 1 aliphatic heterocycles. The fourth-order valence-electron chi connectivity index (χ4n) is 3.11. The van der Waals surface area contributed by atoms with Crippen LogP contribution in [0.5, 0.6) is 0 Å². The molecular formula is C17H26F3N5O3. The second-order valence-electron chi connectivity index (χ2n) is 7.20. The highest BCUT2D eigenvalue weighted by molar-refractivity contribution is 5.78. The second kappa shape index (κ2) is 8.48. The zero-order valence-electron chi connectivity index (χ0n) is 16.2. The molecule has 158 valence electrons. The summed E-state index contributed by atoms with van der Waals surface area (Å²) in [5.41, 5.74) is -3.37. The average molecular weight is 405 g/mol. The summed E-state index contributed by atoms with van der Waals surface area (Å²) in [5, 5.41) is 10.4. The SMILES string of the molecule is CN(C)C(=O)CN1CCCN(C(=O)CC(O)(c2nccn2C)C(F)(F)F)CC1. The van der Waals surface area contributed by atoms with Crippen LogP contribution in [0.1, 0.15) is 18.7 Å². The van der Waals surface area contributed by atoms with Gasteiger partial charge in [0.15, 0.2) is 5.82 Å². The Balaban J connectivity index is 2.08. The highest BCUT2D eigenvalue weighted by atomic mass is 19.4. The topological polar surface area (TPSA) is 81.9 Å². The molecule has 0 aliphatic carbocycles. The van der Waals surface area contributed by atoms with Gasteiger partial charge in [-0.05, 0) is 6.42 Å². The van der Waals surface area contributed by atoms with E-state index in [0.717, 1.165) is 10.8 Å². The van der Waals surface area contributed by atoms with E-state index in [2.05, 4.69) is 4.98 Å². The van der Waals surface area contributed by atoms with E-state index in [9.17, 15) is 27.9 Å². The molecule has 0 spiro atoms. The Bertz CT molecular complexity index is 706. The molecule has 1 atom stereocenters. The number of nitrogens with zero attached hydrogens (tertiary/aromatic N) is 5. The van der Waals surface area contributed by atoms with E-state index in [0.29, 0.717) is 19.5 Å². The molecule has 2 rings (SSSR count). The van der Waals surface area contributed by atoms with Gasteiger partial charge in [0.05, 0.1) is 13.0 Å². The molecule has 0 radical (unpaired) electrons. The van der Waals surface area contributed by atoms with Crippen molar-refractivity contribution in [3.63, 3.8) is 0 Å². The van der Waals surface area contributed by atoms with Gasteiger partial charge in [0.1, 0.15) is 0 Å². The molecular weight excluding hydrogens is 379 g/mol. The molecule has 1 aromatic heterocycles. The molecule has 8 nitrogen and oxygen atoms in total. The number of rotatable bonds is 5. The Morgan fingerprint density at radius 3 is 2.43 bits per heavy atom. The third-order valence-electron chi connectivity index (χ3n) is 4.87. The van der Waals surface area contributed by atoms with E-state index >= 15 is 0 Å². The molecule has 11 heteroatoms. The first-order chi connectivity index (χ1) is 13.0. The molecule has 1 saturated heterocycles. The molecule has 1 aromatic rings. The molecule has 28 heavy (non-hydrogen) atoms. The molecule has 1 fully saturated rings. The van der Waals surface area contributed by atoms with Gasteiger partial charge in [-0.15, -0.1) is 0 Å². The summed E-state index contributed by atoms with van der Waals surface area (Å²) in [4.78, 5) is 32.7. The predicted molar refractivity (Wildman–Crippen MR) is 94.1 cm³/mol. The van der Waals surface area contributed by atoms with Crippen molar-refractivity contribution in [2.45, 2.75) is 24.6 Å². The van der Waals surface area contributed by atoms with Gasteiger partial charge in [-0.3, -0.25) is 14.5 Å². The normalized spacial score (nSPS) is 18.5. The van der Waals surface area contributed by atoms with Gasteiger partial charge < -0.3 is 19.5 Å². The number of aliphatic hydroxyl groups is 1. The summed E-state index contributed by atoms with van der Waals surface area (Å²) in [6, 6.07) is 0. The van der Waals surface area contributed by atoms with Crippen LogP contribution in [0.3, 0.4) is 0 Å². The first-order valence-corrected chi connectivity index (χ1v) is 8.93. The smallest absolute Gasteiger partial charge is 0.374 e. The number of aryl methyl sites for hydroxylation is 1. The molecule has 1 unspecified atom stereocenters. The number of likely N-dealkylation sites (N-methyl/N-ethyl adjacent to an activating group) is 1. The first-order valence-electron chi connectivity index (χ1n) is 8.93. The summed E-state index contributed by atoms with van der Waals surface area (Å²) in [7, 11) is 4.62. The number of amides is 2. The van der Waals surface area contributed by atoms with Crippen molar-refractivity contribution in [3.05, 3.63) is 18.2 Å². The van der Waals surface area contributed by atoms with Crippen molar-refractivity contribution in [1.82, 2.24) is 24.3 Å². The summed E-state index contributed by atoms with van der Waals surface area (Å²) in [6.07, 6.45) is -3.25. The number of hydrogen-bond acceptors (Lipinski definition) is 5. The van der Waals surface area contributed by atoms with Crippen LogP contribution in [-0.4, -0.2) is 94.2 Å². The Morgan fingerprint density at radius 2 is 1.89 bits per heavy atom. The average Bonchev–Trinajstić information content (AvgIpc) is 2.88. The third-order valence-corrected chi connectivity index (χ3v) is 4.87. The summed E-state index contributed by atoms with van der Waals surface area (Å²) >= 11 is 0. The lowest BCUT2D eigenvalue weighted by atomic mass is 9.96. The maximum absolute atomic E-state index is 13.6. The largest absolute Gasteiger partial charge is 0.425 e. The minimum atomic E-state index is -5.06. The van der Waals surface area contributed by atoms with Crippen molar-refractivity contribution in [1.29, 1.82) is 0 Å². The van der Waals surface area contributed by atoms with E-state index in [4.69, 9.17) is 0 Å². The maximum atomic E-state index is 13.6. The van der Waals surface area contributed by atoms with Crippen LogP contribution >= 0.6 is 0 Å². The fourth-order valence-corrected chi connectivity index (χ4v) is 3.11. The lowest BCUT2D eigenvalue weighted by Gasteiger charge is -2.31. The van der Waals surface area contributed by atoms with Crippen LogP contribution in [-0.2, 0) is 22.2 Å². The van der Waals surface area contributed by atoms with Crippen LogP contribution in [0.4, 0.5) is 13.2 Å². The highest BCUT2D eigenvalue weighted by Crippen LogP contribution is 2.41. The van der Waals surface area contributed by atoms with Gasteiger partial charge in [0.2, 0.25) is 17.4 Å². The van der Waals surface area contributed by atoms with Gasteiger partial charge in [0.25, 0.3) is 0 Å². The fraction of sp³-hybridized carbons (Fsp3) is 0.706. The highest BCUT2D eigenvalue weighted by Gasteiger charge is 2.59. The molecule has 1 N–H and O–H groups in total. The lowest BCUT2D eigenvalue weighted by molar-refractivity contribution is -0.272. The summed E-state index contributed by atoms with van der Waals surface area (Å²) in [5.74, 6) is -1.51. The standard InChI is InChI=1S/C17H26F3N5O3/c1-22(2)14(27)12-24-6-4-7-25(10-9-24)13(26)11-16(28,17(18,19)20)15-21-5-8-23(15)3/h5,8,28H,4,6-7,9-12H2,1-3H3. The van der Waals surface area contributed by atoms with Crippen LogP contribution in [0.2, 0.25) is 0 Å². The molecule has 2 amide bonds. The second-order valence-corrected chi connectivity index (χ2v) is 7.20. The van der Waals surface area contributed by atoms with Crippen LogP contribution in [0.15, 0.2) is 12.4 Å². The minimum Gasteiger partial charge on any atom is -0.374 e. The van der Waals surface area contributed by atoms with Crippen LogP contribution in [0.25, 0.3) is 0 Å². The molecule has 0 aromatic carbocycles. The third kappa shape index (κ3) is 4.82. The minimum absolute atomic E-state index is 0.0824. The monoisotopic (exact) mass is 405 g/mol. The number of alkyl halides is 3. The molecule has 0 saturated carbocycles. The Morgan fingerprint density at radius 1 is 1.21 bits per heavy atom. The Labute approximate surface area is 161 Å².